The van der Waals surface area contributed by atoms with Crippen LogP contribution in [-0.2, 0) is 4.74 Å². The summed E-state index contributed by atoms with van der Waals surface area (Å²) in [6.07, 6.45) is 1.12. The highest BCUT2D eigenvalue weighted by molar-refractivity contribution is 9.10. The molecule has 0 aliphatic carbocycles. The number of nitrogens with two attached hydrogens (primary N) is 1. The molecule has 0 spiro atoms. The fourth-order valence-corrected chi connectivity index (χ4v) is 2.39. The number of hydrogen-bond acceptors (Lipinski definition) is 4. The molecule has 0 amide bonds. The summed E-state index contributed by atoms with van der Waals surface area (Å²) in [4.78, 5) is 2.44. The van der Waals surface area contributed by atoms with Gasteiger partial charge in [0.05, 0.1) is 24.6 Å². The van der Waals surface area contributed by atoms with Gasteiger partial charge < -0.3 is 15.8 Å². The first-order chi connectivity index (χ1) is 8.75. The van der Waals surface area contributed by atoms with E-state index in [0.29, 0.717) is 0 Å². The van der Waals surface area contributed by atoms with Crippen molar-refractivity contribution < 1.29 is 4.74 Å². The van der Waals surface area contributed by atoms with Gasteiger partial charge in [-0.1, -0.05) is 15.9 Å². The fourth-order valence-electron chi connectivity index (χ4n) is 2.03. The first-order valence-electron chi connectivity index (χ1n) is 6.35. The molecule has 1 heterocycles. The zero-order valence-corrected chi connectivity index (χ0v) is 12.1. The highest BCUT2D eigenvalue weighted by Gasteiger charge is 2.09. The average molecular weight is 314 g/mol. The number of benzene rings is 1. The molecule has 0 saturated carbocycles. The Morgan fingerprint density at radius 3 is 2.89 bits per heavy atom. The smallest absolute Gasteiger partial charge is 0.0594 e. The van der Waals surface area contributed by atoms with E-state index in [-0.39, 0.29) is 0 Å². The van der Waals surface area contributed by atoms with Crippen molar-refractivity contribution in [2.24, 2.45) is 0 Å². The molecule has 2 rings (SSSR count). The van der Waals surface area contributed by atoms with Crippen LogP contribution in [0.2, 0.25) is 0 Å². The highest BCUT2D eigenvalue weighted by atomic mass is 79.9. The Balaban J connectivity index is 1.69. The molecule has 3 N–H and O–H groups in total. The minimum atomic E-state index is 0.796. The molecule has 1 aromatic carbocycles. The standard InChI is InChI=1S/C13H20BrN3O/c14-11-2-3-12(15)13(10-11)16-4-1-5-17-6-8-18-9-7-17/h2-3,10,16H,1,4-9,15H2. The summed E-state index contributed by atoms with van der Waals surface area (Å²) in [5, 5.41) is 3.38. The predicted octanol–water partition coefficient (Wildman–Crippen LogP) is 2.17. The summed E-state index contributed by atoms with van der Waals surface area (Å²) in [6, 6.07) is 5.88. The van der Waals surface area contributed by atoms with Crippen molar-refractivity contribution in [3.8, 4) is 0 Å². The van der Waals surface area contributed by atoms with Gasteiger partial charge in [-0.05, 0) is 31.2 Å². The molecule has 100 valence electrons. The van der Waals surface area contributed by atoms with Crippen LogP contribution in [0.3, 0.4) is 0 Å². The summed E-state index contributed by atoms with van der Waals surface area (Å²) in [7, 11) is 0. The molecule has 1 aliphatic rings. The maximum absolute atomic E-state index is 5.90. The van der Waals surface area contributed by atoms with Crippen molar-refractivity contribution in [3.05, 3.63) is 22.7 Å². The minimum absolute atomic E-state index is 0.796. The summed E-state index contributed by atoms with van der Waals surface area (Å²) in [5.41, 5.74) is 7.71. The molecule has 4 nitrogen and oxygen atoms in total. The van der Waals surface area contributed by atoms with Crippen molar-refractivity contribution in [1.29, 1.82) is 0 Å². The molecule has 0 radical (unpaired) electrons. The number of morpholine rings is 1. The van der Waals surface area contributed by atoms with E-state index in [1.54, 1.807) is 0 Å². The number of halogens is 1. The van der Waals surface area contributed by atoms with Gasteiger partial charge >= 0.3 is 0 Å². The number of ether oxygens (including phenoxy) is 1. The van der Waals surface area contributed by atoms with Crippen LogP contribution in [0, 0.1) is 0 Å². The van der Waals surface area contributed by atoms with Crippen molar-refractivity contribution in [3.63, 3.8) is 0 Å². The fraction of sp³-hybridized carbons (Fsp3) is 0.538. The van der Waals surface area contributed by atoms with Gasteiger partial charge in [-0.25, -0.2) is 0 Å². The molecule has 1 fully saturated rings. The minimum Gasteiger partial charge on any atom is -0.397 e. The van der Waals surface area contributed by atoms with Crippen LogP contribution in [0.5, 0.6) is 0 Å². The Labute approximate surface area is 117 Å². The largest absolute Gasteiger partial charge is 0.397 e. The van der Waals surface area contributed by atoms with Crippen LogP contribution >= 0.6 is 15.9 Å². The SMILES string of the molecule is Nc1ccc(Br)cc1NCCCN1CCOCC1. The maximum atomic E-state index is 5.90. The molecule has 1 aliphatic heterocycles. The van der Waals surface area contributed by atoms with Gasteiger partial charge in [0.2, 0.25) is 0 Å². The highest BCUT2D eigenvalue weighted by Crippen LogP contribution is 2.23. The zero-order chi connectivity index (χ0) is 12.8. The van der Waals surface area contributed by atoms with Crippen molar-refractivity contribution >= 4 is 27.3 Å². The molecule has 0 bridgehead atoms. The van der Waals surface area contributed by atoms with E-state index >= 15 is 0 Å². The van der Waals surface area contributed by atoms with E-state index < -0.39 is 0 Å². The Bertz CT molecular complexity index is 380. The number of hydrogen-bond donors (Lipinski definition) is 2. The zero-order valence-electron chi connectivity index (χ0n) is 10.5. The lowest BCUT2D eigenvalue weighted by molar-refractivity contribution is 0.0378. The molecule has 5 heteroatoms. The maximum Gasteiger partial charge on any atom is 0.0594 e. The summed E-state index contributed by atoms with van der Waals surface area (Å²) < 4.78 is 6.37. The van der Waals surface area contributed by atoms with E-state index in [1.165, 1.54) is 0 Å². The monoisotopic (exact) mass is 313 g/mol. The van der Waals surface area contributed by atoms with E-state index in [9.17, 15) is 0 Å². The predicted molar refractivity (Wildman–Crippen MR) is 78.9 cm³/mol. The average Bonchev–Trinajstić information content (AvgIpc) is 2.40. The normalized spacial score (nSPS) is 16.7. The molecule has 0 unspecified atom stereocenters. The quantitative estimate of drug-likeness (QED) is 0.646. The third-order valence-electron chi connectivity index (χ3n) is 3.09. The van der Waals surface area contributed by atoms with E-state index in [0.717, 1.165) is 61.7 Å². The molecular weight excluding hydrogens is 294 g/mol. The summed E-state index contributed by atoms with van der Waals surface area (Å²) in [5.74, 6) is 0. The topological polar surface area (TPSA) is 50.5 Å². The van der Waals surface area contributed by atoms with Crippen molar-refractivity contribution in [1.82, 2.24) is 4.90 Å². The first-order valence-corrected chi connectivity index (χ1v) is 7.14. The van der Waals surface area contributed by atoms with Crippen molar-refractivity contribution in [2.45, 2.75) is 6.42 Å². The number of nitrogens with one attached hydrogen (secondary N) is 1. The van der Waals surface area contributed by atoms with Gasteiger partial charge in [-0.15, -0.1) is 0 Å². The van der Waals surface area contributed by atoms with Gasteiger partial charge in [0.25, 0.3) is 0 Å². The molecule has 18 heavy (non-hydrogen) atoms. The Kier molecular flexibility index (Phi) is 5.28. The molecular formula is C13H20BrN3O. The van der Waals surface area contributed by atoms with Gasteiger partial charge in [0.15, 0.2) is 0 Å². The van der Waals surface area contributed by atoms with Crippen LogP contribution in [0.15, 0.2) is 22.7 Å². The van der Waals surface area contributed by atoms with Crippen LogP contribution in [0.25, 0.3) is 0 Å². The van der Waals surface area contributed by atoms with Crippen LogP contribution in [0.4, 0.5) is 11.4 Å². The van der Waals surface area contributed by atoms with Crippen LogP contribution in [0.1, 0.15) is 6.42 Å². The van der Waals surface area contributed by atoms with E-state index in [2.05, 4.69) is 26.1 Å². The second-order valence-corrected chi connectivity index (χ2v) is 5.38. The molecule has 0 aromatic heterocycles. The Morgan fingerprint density at radius 2 is 2.11 bits per heavy atom. The van der Waals surface area contributed by atoms with E-state index in [1.807, 2.05) is 18.2 Å². The third kappa shape index (κ3) is 4.15. The number of rotatable bonds is 5. The van der Waals surface area contributed by atoms with Gasteiger partial charge in [-0.2, -0.15) is 0 Å². The molecule has 1 aromatic rings. The molecule has 1 saturated heterocycles. The van der Waals surface area contributed by atoms with E-state index in [4.69, 9.17) is 10.5 Å². The lowest BCUT2D eigenvalue weighted by Gasteiger charge is -2.26. The second kappa shape index (κ2) is 6.97. The summed E-state index contributed by atoms with van der Waals surface area (Å²) in [6.45, 7) is 5.90. The first kappa shape index (κ1) is 13.6. The Hall–Kier alpha value is -0.780. The summed E-state index contributed by atoms with van der Waals surface area (Å²) >= 11 is 3.45. The Morgan fingerprint density at radius 1 is 1.33 bits per heavy atom. The van der Waals surface area contributed by atoms with Gasteiger partial charge in [0.1, 0.15) is 0 Å². The van der Waals surface area contributed by atoms with Crippen LogP contribution < -0.4 is 11.1 Å². The number of anilines is 2. The van der Waals surface area contributed by atoms with Gasteiger partial charge in [-0.3, -0.25) is 4.90 Å². The van der Waals surface area contributed by atoms with Gasteiger partial charge in [0, 0.05) is 24.1 Å². The van der Waals surface area contributed by atoms with Crippen molar-refractivity contribution in [2.75, 3.05) is 50.4 Å². The second-order valence-electron chi connectivity index (χ2n) is 4.47. The number of nitrogens with zero attached hydrogens (tertiary/aromatic N) is 1. The number of nitrogen functional groups attached to an aromatic ring is 1. The molecule has 0 atom stereocenters. The van der Waals surface area contributed by atoms with Crippen LogP contribution in [-0.4, -0.2) is 44.3 Å². The lowest BCUT2D eigenvalue weighted by atomic mass is 10.2. The lowest BCUT2D eigenvalue weighted by Crippen LogP contribution is -2.37. The third-order valence-corrected chi connectivity index (χ3v) is 3.58.